The Labute approximate surface area is 179 Å². The van der Waals surface area contributed by atoms with E-state index in [0.717, 1.165) is 16.7 Å². The molecule has 0 spiro atoms. The lowest BCUT2D eigenvalue weighted by molar-refractivity contribution is -0.117. The SMILES string of the molecule is C=C1CC2=C(C(=O)N1)C(c1cc(OC)c(O)c(OC)c1)C1=C(C2)c2ccccc2C1=O. The Morgan fingerprint density at radius 1 is 1.00 bits per heavy atom. The molecule has 1 unspecified atom stereocenters. The summed E-state index contributed by atoms with van der Waals surface area (Å²) in [7, 11) is 2.89. The van der Waals surface area contributed by atoms with Crippen LogP contribution < -0.4 is 14.8 Å². The van der Waals surface area contributed by atoms with E-state index in [9.17, 15) is 14.7 Å². The number of carbonyl (C=O) groups is 2. The van der Waals surface area contributed by atoms with E-state index in [1.807, 2.05) is 24.3 Å². The number of fused-ring (bicyclic) bond motifs is 2. The standard InChI is InChI=1S/C25H21NO5/c1-12-8-13-9-17-15-6-4-5-7-16(15)23(27)22(17)20(21(13)25(29)26-12)14-10-18(30-2)24(28)19(11-14)31-3/h4-7,10-11,20,28H,1,8-9H2,2-3H3,(H,26,29). The molecule has 1 amide bonds. The van der Waals surface area contributed by atoms with Gasteiger partial charge < -0.3 is 19.9 Å². The highest BCUT2D eigenvalue weighted by molar-refractivity contribution is 6.23. The van der Waals surface area contributed by atoms with E-state index in [-0.39, 0.29) is 28.9 Å². The average Bonchev–Trinajstić information content (AvgIpc) is 3.04. The van der Waals surface area contributed by atoms with Crippen LogP contribution >= 0.6 is 0 Å². The normalized spacial score (nSPS) is 19.7. The van der Waals surface area contributed by atoms with Crippen LogP contribution in [0.4, 0.5) is 0 Å². The minimum absolute atomic E-state index is 0.0784. The zero-order valence-corrected chi connectivity index (χ0v) is 17.2. The largest absolute Gasteiger partial charge is 0.502 e. The Hall–Kier alpha value is -3.80. The van der Waals surface area contributed by atoms with Gasteiger partial charge in [-0.3, -0.25) is 9.59 Å². The van der Waals surface area contributed by atoms with Crippen molar-refractivity contribution in [2.45, 2.75) is 18.8 Å². The molecular weight excluding hydrogens is 394 g/mol. The Bertz CT molecular complexity index is 1230. The summed E-state index contributed by atoms with van der Waals surface area (Å²) in [5.74, 6) is -0.630. The predicted octanol–water partition coefficient (Wildman–Crippen LogP) is 3.88. The number of methoxy groups -OCH3 is 2. The second kappa shape index (κ2) is 6.87. The first kappa shape index (κ1) is 19.2. The van der Waals surface area contributed by atoms with Crippen molar-refractivity contribution in [1.29, 1.82) is 0 Å². The molecule has 0 bridgehead atoms. The Morgan fingerprint density at radius 3 is 2.29 bits per heavy atom. The van der Waals surface area contributed by atoms with E-state index in [1.54, 1.807) is 12.1 Å². The van der Waals surface area contributed by atoms with Crippen LogP contribution in [0, 0.1) is 0 Å². The molecule has 0 aromatic heterocycles. The molecule has 0 radical (unpaired) electrons. The summed E-state index contributed by atoms with van der Waals surface area (Å²) < 4.78 is 10.7. The maximum Gasteiger partial charge on any atom is 0.252 e. The van der Waals surface area contributed by atoms with E-state index in [1.165, 1.54) is 14.2 Å². The number of Topliss-reactive ketones (excluding diaryl/α,β-unsaturated/α-hetero) is 1. The van der Waals surface area contributed by atoms with Gasteiger partial charge in [0.1, 0.15) is 0 Å². The predicted molar refractivity (Wildman–Crippen MR) is 115 cm³/mol. The zero-order chi connectivity index (χ0) is 21.9. The van der Waals surface area contributed by atoms with E-state index in [4.69, 9.17) is 9.47 Å². The number of amides is 1. The number of rotatable bonds is 3. The molecule has 2 N–H and O–H groups in total. The molecule has 0 fully saturated rings. The van der Waals surface area contributed by atoms with Gasteiger partial charge in [-0.2, -0.15) is 0 Å². The van der Waals surface area contributed by atoms with Gasteiger partial charge in [0.05, 0.1) is 14.2 Å². The molecule has 2 aromatic carbocycles. The van der Waals surface area contributed by atoms with Gasteiger partial charge in [-0.05, 0) is 35.3 Å². The quantitative estimate of drug-likeness (QED) is 0.795. The van der Waals surface area contributed by atoms with Crippen LogP contribution in [0.5, 0.6) is 17.2 Å². The summed E-state index contributed by atoms with van der Waals surface area (Å²) in [5, 5.41) is 13.2. The smallest absolute Gasteiger partial charge is 0.252 e. The molecule has 1 aliphatic heterocycles. The number of phenols is 1. The number of benzene rings is 2. The molecule has 0 saturated carbocycles. The number of aromatic hydroxyl groups is 1. The van der Waals surface area contributed by atoms with Gasteiger partial charge in [0.25, 0.3) is 5.91 Å². The van der Waals surface area contributed by atoms with Gasteiger partial charge >= 0.3 is 0 Å². The monoisotopic (exact) mass is 415 g/mol. The Kier molecular flexibility index (Phi) is 4.25. The van der Waals surface area contributed by atoms with Crippen molar-refractivity contribution in [2.24, 2.45) is 0 Å². The summed E-state index contributed by atoms with van der Waals surface area (Å²) in [4.78, 5) is 26.6. The number of carbonyl (C=O) groups excluding carboxylic acids is 2. The summed E-state index contributed by atoms with van der Waals surface area (Å²) >= 11 is 0. The van der Waals surface area contributed by atoms with E-state index in [2.05, 4.69) is 11.9 Å². The van der Waals surface area contributed by atoms with Gasteiger partial charge in [0, 0.05) is 34.7 Å². The first-order chi connectivity index (χ1) is 14.9. The zero-order valence-electron chi connectivity index (χ0n) is 17.2. The van der Waals surface area contributed by atoms with E-state index >= 15 is 0 Å². The van der Waals surface area contributed by atoms with Crippen molar-refractivity contribution in [3.05, 3.63) is 82.1 Å². The van der Waals surface area contributed by atoms with E-state index < -0.39 is 5.92 Å². The van der Waals surface area contributed by atoms with Crippen molar-refractivity contribution >= 4 is 17.3 Å². The molecule has 0 saturated heterocycles. The second-order valence-corrected chi connectivity index (χ2v) is 7.90. The molecule has 1 heterocycles. The second-order valence-electron chi connectivity index (χ2n) is 7.90. The van der Waals surface area contributed by atoms with Crippen LogP contribution in [0.1, 0.15) is 40.2 Å². The van der Waals surface area contributed by atoms with Crippen molar-refractivity contribution in [2.75, 3.05) is 14.2 Å². The topological polar surface area (TPSA) is 84.9 Å². The molecule has 2 aromatic rings. The van der Waals surface area contributed by atoms with Gasteiger partial charge in [-0.25, -0.2) is 0 Å². The van der Waals surface area contributed by atoms with Crippen molar-refractivity contribution < 1.29 is 24.2 Å². The number of ether oxygens (including phenoxy) is 2. The molecule has 6 heteroatoms. The minimum atomic E-state index is -0.602. The van der Waals surface area contributed by atoms with E-state index in [0.29, 0.717) is 40.8 Å². The maximum absolute atomic E-state index is 13.5. The number of allylic oxidation sites excluding steroid dienone is 3. The molecule has 6 nitrogen and oxygen atoms in total. The van der Waals surface area contributed by atoms with Crippen molar-refractivity contribution in [3.8, 4) is 17.2 Å². The van der Waals surface area contributed by atoms with Crippen LogP contribution in [-0.4, -0.2) is 31.0 Å². The van der Waals surface area contributed by atoms with Crippen molar-refractivity contribution in [3.63, 3.8) is 0 Å². The fourth-order valence-electron chi connectivity index (χ4n) is 4.92. The van der Waals surface area contributed by atoms with Gasteiger partial charge in [-0.15, -0.1) is 0 Å². The molecule has 156 valence electrons. The number of phenolic OH excluding ortho intramolecular Hbond substituents is 1. The highest BCUT2D eigenvalue weighted by Gasteiger charge is 2.44. The van der Waals surface area contributed by atoms with Crippen molar-refractivity contribution in [1.82, 2.24) is 5.32 Å². The first-order valence-corrected chi connectivity index (χ1v) is 9.97. The first-order valence-electron chi connectivity index (χ1n) is 9.97. The summed E-state index contributed by atoms with van der Waals surface area (Å²) in [5.41, 5.74) is 5.90. The Morgan fingerprint density at radius 2 is 1.65 bits per heavy atom. The summed E-state index contributed by atoms with van der Waals surface area (Å²) in [6.07, 6.45) is 1.07. The molecule has 5 rings (SSSR count). The van der Waals surface area contributed by atoms with Crippen LogP contribution in [-0.2, 0) is 4.79 Å². The maximum atomic E-state index is 13.5. The minimum Gasteiger partial charge on any atom is -0.502 e. The molecule has 31 heavy (non-hydrogen) atoms. The number of hydrogen-bond acceptors (Lipinski definition) is 5. The van der Waals surface area contributed by atoms with Gasteiger partial charge in [-0.1, -0.05) is 36.4 Å². The van der Waals surface area contributed by atoms with Crippen LogP contribution in [0.25, 0.3) is 5.57 Å². The summed E-state index contributed by atoms with van der Waals surface area (Å²) in [6.45, 7) is 3.94. The van der Waals surface area contributed by atoms with Gasteiger partial charge in [0.15, 0.2) is 17.3 Å². The van der Waals surface area contributed by atoms with Crippen LogP contribution in [0.15, 0.2) is 65.4 Å². The third-order valence-corrected chi connectivity index (χ3v) is 6.21. The highest BCUT2D eigenvalue weighted by Crippen LogP contribution is 2.53. The fraction of sp³-hybridized carbons (Fsp3) is 0.200. The molecule has 1 atom stereocenters. The molecule has 2 aliphatic carbocycles. The fourth-order valence-corrected chi connectivity index (χ4v) is 4.92. The van der Waals surface area contributed by atoms with Crippen LogP contribution in [0.3, 0.4) is 0 Å². The van der Waals surface area contributed by atoms with Gasteiger partial charge in [0.2, 0.25) is 5.75 Å². The van der Waals surface area contributed by atoms with Crippen LogP contribution in [0.2, 0.25) is 0 Å². The molecular formula is C25H21NO5. The third-order valence-electron chi connectivity index (χ3n) is 6.21. The summed E-state index contributed by atoms with van der Waals surface area (Å²) in [6, 6.07) is 10.9. The lowest BCUT2D eigenvalue weighted by Crippen LogP contribution is -2.35. The lowest BCUT2D eigenvalue weighted by Gasteiger charge is -2.33. The Balaban J connectivity index is 1.79. The number of nitrogens with one attached hydrogen (secondary N) is 1. The molecule has 3 aliphatic rings. The number of ketones is 1. The number of hydrogen-bond donors (Lipinski definition) is 2. The third kappa shape index (κ3) is 2.71. The lowest BCUT2D eigenvalue weighted by atomic mass is 9.72. The average molecular weight is 415 g/mol. The highest BCUT2D eigenvalue weighted by atomic mass is 16.5.